The zero-order chi connectivity index (χ0) is 30.9. The van der Waals surface area contributed by atoms with Crippen molar-refractivity contribution in [1.82, 2.24) is 0 Å². The summed E-state index contributed by atoms with van der Waals surface area (Å²) in [5, 5.41) is 0.158. The molecule has 0 saturated heterocycles. The van der Waals surface area contributed by atoms with Crippen LogP contribution in [0.15, 0.2) is 69.9 Å². The van der Waals surface area contributed by atoms with E-state index in [1.165, 1.54) is 26.4 Å². The van der Waals surface area contributed by atoms with E-state index >= 15 is 0 Å². The van der Waals surface area contributed by atoms with Crippen molar-refractivity contribution in [2.75, 3.05) is 14.2 Å². The quantitative estimate of drug-likeness (QED) is 0.116. The number of fused-ring (bicyclic) bond motifs is 1. The van der Waals surface area contributed by atoms with Crippen molar-refractivity contribution >= 4 is 22.9 Å². The molecule has 0 radical (unpaired) electrons. The lowest BCUT2D eigenvalue weighted by Gasteiger charge is -2.15. The first-order valence-corrected chi connectivity index (χ1v) is 14.5. The lowest BCUT2D eigenvalue weighted by atomic mass is 9.96. The highest BCUT2D eigenvalue weighted by molar-refractivity contribution is 5.95. The third-order valence-corrected chi connectivity index (χ3v) is 7.44. The number of rotatable bonds is 13. The lowest BCUT2D eigenvalue weighted by molar-refractivity contribution is -0.146. The van der Waals surface area contributed by atoms with E-state index in [9.17, 15) is 14.4 Å². The highest BCUT2D eigenvalue weighted by atomic mass is 16.6. The van der Waals surface area contributed by atoms with Crippen LogP contribution >= 0.6 is 0 Å². The van der Waals surface area contributed by atoms with E-state index in [0.29, 0.717) is 23.5 Å². The van der Waals surface area contributed by atoms with Crippen LogP contribution in [0.3, 0.4) is 0 Å². The molecule has 8 nitrogen and oxygen atoms in total. The third kappa shape index (κ3) is 7.63. The average molecular weight is 587 g/mol. The number of ether oxygens (including phenoxy) is 4. The van der Waals surface area contributed by atoms with E-state index in [1.807, 2.05) is 31.2 Å². The number of esters is 2. The number of aryl methyl sites for hydroxylation is 1. The maximum atomic E-state index is 13.3. The number of methoxy groups -OCH3 is 2. The van der Waals surface area contributed by atoms with Gasteiger partial charge in [0.1, 0.15) is 23.5 Å². The highest BCUT2D eigenvalue weighted by Gasteiger charge is 2.23. The zero-order valence-electron chi connectivity index (χ0n) is 25.4. The summed E-state index contributed by atoms with van der Waals surface area (Å²) in [6.07, 6.45) is 4.62. The maximum absolute atomic E-state index is 13.3. The Kier molecular flexibility index (Phi) is 10.6. The maximum Gasteiger partial charge on any atom is 0.343 e. The van der Waals surface area contributed by atoms with Gasteiger partial charge in [0.15, 0.2) is 16.8 Å². The molecule has 0 spiro atoms. The molecule has 0 saturated carbocycles. The van der Waals surface area contributed by atoms with Crippen LogP contribution in [0.25, 0.3) is 22.3 Å². The van der Waals surface area contributed by atoms with Gasteiger partial charge in [0, 0.05) is 24.1 Å². The summed E-state index contributed by atoms with van der Waals surface area (Å²) in [6.45, 7) is 6.33. The van der Waals surface area contributed by atoms with Crippen LogP contribution in [0.4, 0.5) is 0 Å². The van der Waals surface area contributed by atoms with Crippen molar-refractivity contribution in [3.05, 3.63) is 87.6 Å². The normalized spacial score (nSPS) is 11.7. The van der Waals surface area contributed by atoms with E-state index in [1.54, 1.807) is 24.3 Å². The number of hydrogen-bond acceptors (Lipinski definition) is 8. The fourth-order valence-corrected chi connectivity index (χ4v) is 4.84. The monoisotopic (exact) mass is 586 g/mol. The molecule has 0 aliphatic rings. The first kappa shape index (κ1) is 31.3. The van der Waals surface area contributed by atoms with Crippen LogP contribution in [0.1, 0.15) is 67.4 Å². The molecule has 4 aromatic rings. The van der Waals surface area contributed by atoms with E-state index < -0.39 is 5.97 Å². The second kappa shape index (κ2) is 14.5. The Balaban J connectivity index is 1.58. The fourth-order valence-electron chi connectivity index (χ4n) is 4.84. The minimum Gasteiger partial charge on any atom is -0.496 e. The Hall–Kier alpha value is -4.59. The van der Waals surface area contributed by atoms with Crippen LogP contribution in [0.2, 0.25) is 0 Å². The van der Waals surface area contributed by atoms with E-state index in [4.69, 9.17) is 23.4 Å². The molecule has 4 rings (SSSR count). The topological polar surface area (TPSA) is 101 Å². The zero-order valence-corrected chi connectivity index (χ0v) is 25.4. The molecule has 0 unspecified atom stereocenters. The van der Waals surface area contributed by atoms with Crippen molar-refractivity contribution in [2.45, 2.75) is 59.5 Å². The second-order valence-electron chi connectivity index (χ2n) is 10.5. The predicted octanol–water partition coefficient (Wildman–Crippen LogP) is 7.65. The number of unbranched alkanes of at least 4 members (excludes halogenated alkanes) is 1. The highest BCUT2D eigenvalue weighted by Crippen LogP contribution is 2.42. The molecule has 0 bridgehead atoms. The van der Waals surface area contributed by atoms with Gasteiger partial charge in [0.25, 0.3) is 0 Å². The van der Waals surface area contributed by atoms with Gasteiger partial charge in [-0.15, -0.1) is 0 Å². The second-order valence-corrected chi connectivity index (χ2v) is 10.5. The van der Waals surface area contributed by atoms with Crippen molar-refractivity contribution in [3.63, 3.8) is 0 Å². The summed E-state index contributed by atoms with van der Waals surface area (Å²) in [5.74, 6) is 0.143. The van der Waals surface area contributed by atoms with Crippen molar-refractivity contribution < 1.29 is 33.0 Å². The van der Waals surface area contributed by atoms with E-state index in [0.717, 1.165) is 36.8 Å². The van der Waals surface area contributed by atoms with Crippen molar-refractivity contribution in [2.24, 2.45) is 5.92 Å². The van der Waals surface area contributed by atoms with E-state index in [2.05, 4.69) is 13.8 Å². The van der Waals surface area contributed by atoms with Crippen LogP contribution in [0, 0.1) is 12.8 Å². The number of hydrogen-bond donors (Lipinski definition) is 0. The summed E-state index contributed by atoms with van der Waals surface area (Å²) in [4.78, 5) is 38.5. The van der Waals surface area contributed by atoms with Gasteiger partial charge in [0.05, 0.1) is 19.8 Å². The van der Waals surface area contributed by atoms with Gasteiger partial charge in [-0.25, -0.2) is 4.79 Å². The fraction of sp³-hybridized carbons (Fsp3) is 0.343. The van der Waals surface area contributed by atoms with Crippen LogP contribution < -0.4 is 19.6 Å². The SMILES string of the molecule is CCCC[C@H](CC)CC(=O)OCc1ccc(-c2cc(=O)c3c(OC)cc(OC(=O)c4ccc(C)cc4)c(OC)c3o2)cc1. The molecule has 1 aromatic heterocycles. The Morgan fingerprint density at radius 1 is 0.907 bits per heavy atom. The van der Waals surface area contributed by atoms with Gasteiger partial charge in [-0.3, -0.25) is 9.59 Å². The van der Waals surface area contributed by atoms with Crippen LogP contribution in [-0.4, -0.2) is 26.2 Å². The van der Waals surface area contributed by atoms with Gasteiger partial charge in [-0.05, 0) is 37.0 Å². The van der Waals surface area contributed by atoms with E-state index in [-0.39, 0.29) is 52.0 Å². The lowest BCUT2D eigenvalue weighted by Crippen LogP contribution is -2.11. The Bertz CT molecular complexity index is 1620. The minimum atomic E-state index is -0.597. The van der Waals surface area contributed by atoms with Crippen molar-refractivity contribution in [3.8, 4) is 28.6 Å². The number of benzene rings is 3. The molecule has 43 heavy (non-hydrogen) atoms. The Labute approximate surface area is 251 Å². The molecule has 3 aromatic carbocycles. The van der Waals surface area contributed by atoms with Gasteiger partial charge in [-0.1, -0.05) is 75.1 Å². The molecular formula is C35H38O8. The molecule has 8 heteroatoms. The molecule has 0 aliphatic heterocycles. The Morgan fingerprint density at radius 3 is 2.26 bits per heavy atom. The standard InChI is InChI=1S/C35H38O8/c1-6-8-9-23(7-2)18-31(37)41-21-24-12-16-25(17-13-24)28-19-27(36)32-29(39-4)20-30(33(40-5)34(32)42-28)43-35(38)26-14-10-22(3)11-15-26/h10-17,19-20,23H,6-9,18,21H2,1-5H3/t23-/m0/s1. The average Bonchev–Trinajstić information content (AvgIpc) is 3.01. The molecule has 0 N–H and O–H groups in total. The third-order valence-electron chi connectivity index (χ3n) is 7.44. The first-order valence-electron chi connectivity index (χ1n) is 14.5. The molecule has 226 valence electrons. The van der Waals surface area contributed by atoms with Gasteiger partial charge < -0.3 is 23.4 Å². The number of carbonyl (C=O) groups excluding carboxylic acids is 2. The molecular weight excluding hydrogens is 548 g/mol. The van der Waals surface area contributed by atoms with Gasteiger partial charge in [0.2, 0.25) is 5.75 Å². The smallest absolute Gasteiger partial charge is 0.343 e. The number of carbonyl (C=O) groups is 2. The molecule has 0 amide bonds. The summed E-state index contributed by atoms with van der Waals surface area (Å²) in [6, 6.07) is 17.0. The summed E-state index contributed by atoms with van der Waals surface area (Å²) in [7, 11) is 2.82. The Morgan fingerprint density at radius 2 is 1.63 bits per heavy atom. The molecule has 0 fully saturated rings. The molecule has 1 heterocycles. The summed E-state index contributed by atoms with van der Waals surface area (Å²) in [5.41, 5.74) is 2.54. The van der Waals surface area contributed by atoms with Crippen LogP contribution in [0.5, 0.6) is 17.2 Å². The van der Waals surface area contributed by atoms with Gasteiger partial charge in [-0.2, -0.15) is 0 Å². The predicted molar refractivity (Wildman–Crippen MR) is 165 cm³/mol. The summed E-state index contributed by atoms with van der Waals surface area (Å²) >= 11 is 0. The minimum absolute atomic E-state index is 0.0508. The van der Waals surface area contributed by atoms with Crippen LogP contribution in [-0.2, 0) is 16.1 Å². The molecule has 1 atom stereocenters. The molecule has 0 aliphatic carbocycles. The van der Waals surface area contributed by atoms with Crippen molar-refractivity contribution in [1.29, 1.82) is 0 Å². The largest absolute Gasteiger partial charge is 0.496 e. The van der Waals surface area contributed by atoms with Gasteiger partial charge >= 0.3 is 11.9 Å². The summed E-state index contributed by atoms with van der Waals surface area (Å²) < 4.78 is 28.4. The first-order chi connectivity index (χ1) is 20.8.